The largest absolute Gasteiger partial charge is 0.429 e. The Bertz CT molecular complexity index is 1340. The van der Waals surface area contributed by atoms with Crippen molar-refractivity contribution in [2.75, 3.05) is 6.61 Å². The summed E-state index contributed by atoms with van der Waals surface area (Å²) in [7, 11) is 0. The summed E-state index contributed by atoms with van der Waals surface area (Å²) < 4.78 is 80.4. The highest BCUT2D eigenvalue weighted by atomic mass is 32.1. The summed E-state index contributed by atoms with van der Waals surface area (Å²) in [5, 5.41) is 1.03. The number of aryl methyl sites for hydroxylation is 1. The maximum absolute atomic E-state index is 14.5. The number of aromatic nitrogens is 1. The van der Waals surface area contributed by atoms with E-state index in [-0.39, 0.29) is 12.0 Å². The topological polar surface area (TPSA) is 31.4 Å². The van der Waals surface area contributed by atoms with Crippen LogP contribution in [0.5, 0.6) is 5.75 Å². The lowest BCUT2D eigenvalue weighted by molar-refractivity contribution is -0.185. The molecule has 2 atom stereocenters. The Hall–Kier alpha value is -3.04. The van der Waals surface area contributed by atoms with Gasteiger partial charge in [-0.3, -0.25) is 0 Å². The van der Waals surface area contributed by atoms with Gasteiger partial charge >= 0.3 is 6.11 Å². The number of fused-ring (bicyclic) bond motifs is 1. The van der Waals surface area contributed by atoms with Crippen molar-refractivity contribution in [3.63, 3.8) is 0 Å². The molecule has 1 aliphatic heterocycles. The number of hydrogen-bond donors (Lipinski definition) is 0. The summed E-state index contributed by atoms with van der Waals surface area (Å²) in [6.45, 7) is 2.52. The van der Waals surface area contributed by atoms with Gasteiger partial charge in [0.05, 0.1) is 33.5 Å². The highest BCUT2D eigenvalue weighted by Crippen LogP contribution is 2.39. The minimum Gasteiger partial charge on any atom is -0.429 e. The molecule has 0 saturated carbocycles. The van der Waals surface area contributed by atoms with Gasteiger partial charge in [-0.1, -0.05) is 18.2 Å². The van der Waals surface area contributed by atoms with E-state index in [0.717, 1.165) is 27.2 Å². The molecule has 2 heterocycles. The minimum absolute atomic E-state index is 0.178. The van der Waals surface area contributed by atoms with E-state index in [1.54, 1.807) is 11.3 Å². The standard InChI is InChI=1S/C26H20F5NO2S/c1-14-2-8-21-23(10-14)35-25(32-21)16-5-9-22(33-13-16)15-3-6-17(7-4-15)26(30,31)34-18-11-19(27)24(29)20(28)12-18/h2-4,6-8,10-12,16,22H,5,9,13H2,1H3. The number of nitrogens with zero attached hydrogens (tertiary/aromatic N) is 1. The summed E-state index contributed by atoms with van der Waals surface area (Å²) in [6.07, 6.45) is -2.56. The monoisotopic (exact) mass is 505 g/mol. The first kappa shape index (κ1) is 23.7. The van der Waals surface area contributed by atoms with Gasteiger partial charge < -0.3 is 9.47 Å². The van der Waals surface area contributed by atoms with Crippen molar-refractivity contribution in [3.05, 3.63) is 93.7 Å². The summed E-state index contributed by atoms with van der Waals surface area (Å²) in [5.41, 5.74) is 2.39. The summed E-state index contributed by atoms with van der Waals surface area (Å²) in [4.78, 5) is 4.74. The lowest BCUT2D eigenvalue weighted by atomic mass is 9.94. The van der Waals surface area contributed by atoms with E-state index in [1.807, 2.05) is 19.1 Å². The lowest BCUT2D eigenvalue weighted by Crippen LogP contribution is -2.23. The second-order valence-electron chi connectivity index (χ2n) is 8.56. The van der Waals surface area contributed by atoms with Gasteiger partial charge in [0.1, 0.15) is 5.75 Å². The number of benzene rings is 3. The maximum atomic E-state index is 14.5. The molecule has 0 aliphatic carbocycles. The first-order valence-corrected chi connectivity index (χ1v) is 11.8. The molecule has 5 rings (SSSR count). The molecule has 1 aromatic heterocycles. The van der Waals surface area contributed by atoms with Gasteiger partial charge in [-0.2, -0.15) is 8.78 Å². The van der Waals surface area contributed by atoms with Crippen LogP contribution < -0.4 is 4.74 Å². The van der Waals surface area contributed by atoms with E-state index in [1.165, 1.54) is 29.8 Å². The molecule has 182 valence electrons. The quantitative estimate of drug-likeness (QED) is 0.205. The second-order valence-corrected chi connectivity index (χ2v) is 9.62. The lowest BCUT2D eigenvalue weighted by Gasteiger charge is -2.28. The molecule has 0 spiro atoms. The zero-order chi connectivity index (χ0) is 24.7. The number of alkyl halides is 2. The van der Waals surface area contributed by atoms with Crippen molar-refractivity contribution in [2.24, 2.45) is 0 Å². The van der Waals surface area contributed by atoms with E-state index in [2.05, 4.69) is 10.8 Å². The average molecular weight is 506 g/mol. The molecular formula is C26H20F5NO2S. The van der Waals surface area contributed by atoms with E-state index in [9.17, 15) is 22.0 Å². The molecule has 1 fully saturated rings. The van der Waals surface area contributed by atoms with Crippen LogP contribution in [0.15, 0.2) is 54.6 Å². The summed E-state index contributed by atoms with van der Waals surface area (Å²) >= 11 is 1.67. The van der Waals surface area contributed by atoms with Crippen LogP contribution in [-0.4, -0.2) is 11.6 Å². The SMILES string of the molecule is Cc1ccc2nc(C3CCC(c4ccc(C(F)(F)Oc5cc(F)c(F)c(F)c5)cc4)OC3)sc2c1. The van der Waals surface area contributed by atoms with Gasteiger partial charge in [-0.15, -0.1) is 11.3 Å². The molecule has 4 aromatic rings. The molecule has 3 nitrogen and oxygen atoms in total. The second kappa shape index (κ2) is 9.20. The van der Waals surface area contributed by atoms with Crippen molar-refractivity contribution < 1.29 is 31.4 Å². The van der Waals surface area contributed by atoms with Crippen LogP contribution in [0.1, 0.15) is 46.6 Å². The molecule has 1 aliphatic rings. The minimum atomic E-state index is -3.88. The maximum Gasteiger partial charge on any atom is 0.426 e. The fourth-order valence-corrected chi connectivity index (χ4v) is 5.31. The molecule has 1 saturated heterocycles. The van der Waals surface area contributed by atoms with Crippen molar-refractivity contribution in [3.8, 4) is 5.75 Å². The van der Waals surface area contributed by atoms with Crippen molar-refractivity contribution >= 4 is 21.6 Å². The van der Waals surface area contributed by atoms with Crippen molar-refractivity contribution in [1.29, 1.82) is 0 Å². The highest BCUT2D eigenvalue weighted by Gasteiger charge is 2.35. The number of hydrogen-bond acceptors (Lipinski definition) is 4. The fraction of sp³-hybridized carbons (Fsp3) is 0.269. The third kappa shape index (κ3) is 4.88. The van der Waals surface area contributed by atoms with Crippen LogP contribution >= 0.6 is 11.3 Å². The van der Waals surface area contributed by atoms with E-state index < -0.39 is 34.9 Å². The zero-order valence-electron chi connectivity index (χ0n) is 18.5. The molecule has 35 heavy (non-hydrogen) atoms. The van der Waals surface area contributed by atoms with Crippen LogP contribution in [-0.2, 0) is 10.8 Å². The Morgan fingerprint density at radius 3 is 2.34 bits per heavy atom. The van der Waals surface area contributed by atoms with Crippen LogP contribution in [0, 0.1) is 24.4 Å². The zero-order valence-corrected chi connectivity index (χ0v) is 19.4. The Balaban J connectivity index is 1.24. The number of ether oxygens (including phenoxy) is 2. The van der Waals surface area contributed by atoms with Crippen LogP contribution in [0.4, 0.5) is 22.0 Å². The molecular weight excluding hydrogens is 485 g/mol. The smallest absolute Gasteiger partial charge is 0.426 e. The number of halogens is 5. The van der Waals surface area contributed by atoms with Crippen molar-refractivity contribution in [1.82, 2.24) is 4.98 Å². The molecule has 0 bridgehead atoms. The average Bonchev–Trinajstić information content (AvgIpc) is 3.26. The van der Waals surface area contributed by atoms with Gasteiger partial charge in [0.2, 0.25) is 0 Å². The Labute approximate surface area is 202 Å². The van der Waals surface area contributed by atoms with Crippen molar-refractivity contribution in [2.45, 2.75) is 37.9 Å². The molecule has 0 radical (unpaired) electrons. The first-order valence-electron chi connectivity index (χ1n) is 11.0. The Kier molecular flexibility index (Phi) is 6.23. The molecule has 0 N–H and O–H groups in total. The van der Waals surface area contributed by atoms with E-state index in [0.29, 0.717) is 25.2 Å². The van der Waals surface area contributed by atoms with Gasteiger partial charge in [0.15, 0.2) is 17.5 Å². The van der Waals surface area contributed by atoms with Crippen LogP contribution in [0.2, 0.25) is 0 Å². The predicted molar refractivity (Wildman–Crippen MR) is 122 cm³/mol. The molecule has 0 amide bonds. The number of rotatable bonds is 5. The Morgan fingerprint density at radius 1 is 0.971 bits per heavy atom. The highest BCUT2D eigenvalue weighted by molar-refractivity contribution is 7.18. The van der Waals surface area contributed by atoms with Gasteiger partial charge in [-0.25, -0.2) is 18.2 Å². The summed E-state index contributed by atoms with van der Waals surface area (Å²) in [5.74, 6) is -5.61. The van der Waals surface area contributed by atoms with Gasteiger partial charge in [0, 0.05) is 18.1 Å². The summed E-state index contributed by atoms with van der Waals surface area (Å²) in [6, 6.07) is 12.3. The van der Waals surface area contributed by atoms with Gasteiger partial charge in [0.25, 0.3) is 0 Å². The predicted octanol–water partition coefficient (Wildman–Crippen LogP) is 7.79. The first-order chi connectivity index (χ1) is 16.7. The third-order valence-electron chi connectivity index (χ3n) is 6.01. The van der Waals surface area contributed by atoms with Crippen LogP contribution in [0.3, 0.4) is 0 Å². The number of thiazole rings is 1. The fourth-order valence-electron chi connectivity index (χ4n) is 4.12. The molecule has 2 unspecified atom stereocenters. The molecule has 9 heteroatoms. The van der Waals surface area contributed by atoms with Crippen LogP contribution in [0.25, 0.3) is 10.2 Å². The molecule has 3 aromatic carbocycles. The van der Waals surface area contributed by atoms with Gasteiger partial charge in [-0.05, 0) is 55.2 Å². The van der Waals surface area contributed by atoms with E-state index in [4.69, 9.17) is 9.72 Å². The van der Waals surface area contributed by atoms with E-state index >= 15 is 0 Å². The normalized spacial score (nSPS) is 18.7. The Morgan fingerprint density at radius 2 is 1.69 bits per heavy atom. The third-order valence-corrected chi connectivity index (χ3v) is 7.19.